The monoisotopic (exact) mass is 152 g/mol. The van der Waals surface area contributed by atoms with Gasteiger partial charge in [-0.05, 0) is 0 Å². The van der Waals surface area contributed by atoms with Crippen molar-refractivity contribution in [2.45, 2.75) is 7.43 Å². The van der Waals surface area contributed by atoms with Gasteiger partial charge < -0.3 is 20.4 Å². The van der Waals surface area contributed by atoms with Crippen molar-refractivity contribution in [3.63, 3.8) is 0 Å². The molecule has 0 aromatic carbocycles. The van der Waals surface area contributed by atoms with E-state index < -0.39 is 31.8 Å². The molecule has 4 nitrogen and oxygen atoms in total. The first-order valence-electron chi connectivity index (χ1n) is 2.68. The molecule has 0 atom stereocenters. The fourth-order valence-electron chi connectivity index (χ4n) is 0.300. The summed E-state index contributed by atoms with van der Waals surface area (Å²) in [6, 6.07) is 0. The van der Waals surface area contributed by atoms with Gasteiger partial charge in [-0.2, -0.15) is 0 Å². The van der Waals surface area contributed by atoms with Crippen molar-refractivity contribution in [2.24, 2.45) is 5.41 Å². The highest BCUT2D eigenvalue weighted by Crippen LogP contribution is 2.11. The van der Waals surface area contributed by atoms with Gasteiger partial charge in [-0.1, -0.05) is 7.43 Å². The molecule has 0 fully saturated rings. The lowest BCUT2D eigenvalue weighted by Gasteiger charge is -2.23. The van der Waals surface area contributed by atoms with Crippen LogP contribution in [0.3, 0.4) is 0 Å². The molecule has 0 rings (SSSR count). The van der Waals surface area contributed by atoms with Crippen LogP contribution in [0, 0.1) is 5.41 Å². The van der Waals surface area contributed by atoms with Crippen LogP contribution in [-0.4, -0.2) is 46.9 Å². The summed E-state index contributed by atoms with van der Waals surface area (Å²) < 4.78 is 0. The van der Waals surface area contributed by atoms with E-state index in [-0.39, 0.29) is 7.43 Å². The molecule has 0 spiro atoms. The number of aliphatic hydroxyl groups is 4. The van der Waals surface area contributed by atoms with E-state index in [2.05, 4.69) is 0 Å². The average molecular weight is 152 g/mol. The van der Waals surface area contributed by atoms with Crippen molar-refractivity contribution in [1.82, 2.24) is 0 Å². The zero-order chi connectivity index (χ0) is 7.33. The van der Waals surface area contributed by atoms with Crippen molar-refractivity contribution in [3.8, 4) is 0 Å². The SMILES string of the molecule is C.OCC(CO)(CO)CO. The van der Waals surface area contributed by atoms with Gasteiger partial charge in [0.2, 0.25) is 0 Å². The molecular weight excluding hydrogens is 136 g/mol. The topological polar surface area (TPSA) is 80.9 Å². The molecule has 0 aromatic rings. The van der Waals surface area contributed by atoms with Crippen molar-refractivity contribution in [2.75, 3.05) is 26.4 Å². The molecule has 4 heteroatoms. The van der Waals surface area contributed by atoms with Gasteiger partial charge in [0.05, 0.1) is 31.8 Å². The minimum atomic E-state index is -1.11. The van der Waals surface area contributed by atoms with Crippen LogP contribution in [0.2, 0.25) is 0 Å². The van der Waals surface area contributed by atoms with Crippen molar-refractivity contribution in [1.29, 1.82) is 0 Å². The summed E-state index contributed by atoms with van der Waals surface area (Å²) in [5, 5.41) is 34.0. The van der Waals surface area contributed by atoms with Crippen LogP contribution in [0.15, 0.2) is 0 Å². The van der Waals surface area contributed by atoms with Crippen LogP contribution in [0.5, 0.6) is 0 Å². The minimum Gasteiger partial charge on any atom is -0.396 e. The Bertz CT molecular complexity index is 52.6. The molecule has 0 heterocycles. The fraction of sp³-hybridized carbons (Fsp3) is 1.00. The number of hydrogen-bond acceptors (Lipinski definition) is 4. The minimum absolute atomic E-state index is 0. The lowest BCUT2D eigenvalue weighted by molar-refractivity contribution is -0.0328. The average Bonchev–Trinajstić information content (AvgIpc) is 1.95. The lowest BCUT2D eigenvalue weighted by Crippen LogP contribution is -2.37. The summed E-state index contributed by atoms with van der Waals surface area (Å²) >= 11 is 0. The quantitative estimate of drug-likeness (QED) is 0.398. The van der Waals surface area contributed by atoms with Crippen LogP contribution in [-0.2, 0) is 0 Å². The van der Waals surface area contributed by atoms with E-state index in [1.807, 2.05) is 0 Å². The Morgan fingerprint density at radius 1 is 0.700 bits per heavy atom. The highest BCUT2D eigenvalue weighted by atomic mass is 16.3. The molecule has 10 heavy (non-hydrogen) atoms. The largest absolute Gasteiger partial charge is 0.396 e. The van der Waals surface area contributed by atoms with E-state index in [1.165, 1.54) is 0 Å². The zero-order valence-corrected chi connectivity index (χ0v) is 5.12. The molecule has 0 bridgehead atoms. The summed E-state index contributed by atoms with van der Waals surface area (Å²) in [5.41, 5.74) is -1.11. The van der Waals surface area contributed by atoms with Gasteiger partial charge in [-0.3, -0.25) is 0 Å². The summed E-state index contributed by atoms with van der Waals surface area (Å²) in [5.74, 6) is 0. The molecule has 0 saturated carbocycles. The summed E-state index contributed by atoms with van der Waals surface area (Å²) in [4.78, 5) is 0. The molecule has 0 aliphatic heterocycles. The molecule has 0 amide bonds. The number of rotatable bonds is 4. The normalized spacial score (nSPS) is 10.8. The van der Waals surface area contributed by atoms with Gasteiger partial charge in [0.1, 0.15) is 0 Å². The molecule has 0 aliphatic rings. The molecule has 4 N–H and O–H groups in total. The summed E-state index contributed by atoms with van der Waals surface area (Å²) in [6.45, 7) is -1.62. The molecule has 0 saturated heterocycles. The van der Waals surface area contributed by atoms with Gasteiger partial charge in [-0.15, -0.1) is 0 Å². The molecule has 0 aromatic heterocycles. The highest BCUT2D eigenvalue weighted by molar-refractivity contribution is 4.74. The van der Waals surface area contributed by atoms with E-state index in [0.717, 1.165) is 0 Å². The van der Waals surface area contributed by atoms with Gasteiger partial charge >= 0.3 is 0 Å². The van der Waals surface area contributed by atoms with Crippen LogP contribution in [0.25, 0.3) is 0 Å². The van der Waals surface area contributed by atoms with Gasteiger partial charge in [0, 0.05) is 0 Å². The van der Waals surface area contributed by atoms with Crippen LogP contribution < -0.4 is 0 Å². The second-order valence-electron chi connectivity index (χ2n) is 2.13. The maximum Gasteiger partial charge on any atom is 0.0627 e. The van der Waals surface area contributed by atoms with Crippen LogP contribution in [0.4, 0.5) is 0 Å². The second kappa shape index (κ2) is 5.61. The Hall–Kier alpha value is -0.160. The molecule has 0 aliphatic carbocycles. The Kier molecular flexibility index (Phi) is 7.02. The molecule has 64 valence electrons. The van der Waals surface area contributed by atoms with Crippen LogP contribution in [0.1, 0.15) is 7.43 Å². The van der Waals surface area contributed by atoms with Crippen molar-refractivity contribution < 1.29 is 20.4 Å². The standard InChI is InChI=1S/C5H12O4.CH4/c6-1-5(2-7,3-8)4-9;/h6-9H,1-4H2;1H4. The maximum atomic E-state index is 8.50. The smallest absolute Gasteiger partial charge is 0.0627 e. The predicted molar refractivity (Wildman–Crippen MR) is 37.5 cm³/mol. The first-order chi connectivity index (χ1) is 4.24. The lowest BCUT2D eigenvalue weighted by atomic mass is 9.93. The predicted octanol–water partition coefficient (Wildman–Crippen LogP) is -1.42. The first kappa shape index (κ1) is 12.5. The summed E-state index contributed by atoms with van der Waals surface area (Å²) in [7, 11) is 0. The molecular formula is C6H16O4. The number of hydrogen-bond donors (Lipinski definition) is 4. The van der Waals surface area contributed by atoms with Crippen LogP contribution >= 0.6 is 0 Å². The van der Waals surface area contributed by atoms with Gasteiger partial charge in [0.15, 0.2) is 0 Å². The highest BCUT2D eigenvalue weighted by Gasteiger charge is 2.26. The Morgan fingerprint density at radius 3 is 0.900 bits per heavy atom. The Labute approximate surface area is 60.7 Å². The maximum absolute atomic E-state index is 8.50. The third-order valence-corrected chi connectivity index (χ3v) is 1.34. The van der Waals surface area contributed by atoms with Gasteiger partial charge in [-0.25, -0.2) is 0 Å². The van der Waals surface area contributed by atoms with E-state index >= 15 is 0 Å². The van der Waals surface area contributed by atoms with Crippen molar-refractivity contribution in [3.05, 3.63) is 0 Å². The van der Waals surface area contributed by atoms with E-state index in [4.69, 9.17) is 20.4 Å². The Balaban J connectivity index is 0. The fourth-order valence-corrected chi connectivity index (χ4v) is 0.300. The van der Waals surface area contributed by atoms with Crippen molar-refractivity contribution >= 4 is 0 Å². The van der Waals surface area contributed by atoms with E-state index in [9.17, 15) is 0 Å². The molecule has 0 radical (unpaired) electrons. The third-order valence-electron chi connectivity index (χ3n) is 1.34. The Morgan fingerprint density at radius 2 is 0.900 bits per heavy atom. The molecule has 0 unspecified atom stereocenters. The number of aliphatic hydroxyl groups excluding tert-OH is 4. The summed E-state index contributed by atoms with van der Waals surface area (Å²) in [6.07, 6.45) is 0. The van der Waals surface area contributed by atoms with E-state index in [0.29, 0.717) is 0 Å². The zero-order valence-electron chi connectivity index (χ0n) is 5.12. The first-order valence-corrected chi connectivity index (χ1v) is 2.68. The van der Waals surface area contributed by atoms with Gasteiger partial charge in [0.25, 0.3) is 0 Å². The third kappa shape index (κ3) is 2.62. The van der Waals surface area contributed by atoms with E-state index in [1.54, 1.807) is 0 Å². The second-order valence-corrected chi connectivity index (χ2v) is 2.13.